The van der Waals surface area contributed by atoms with E-state index < -0.39 is 0 Å². The van der Waals surface area contributed by atoms with Gasteiger partial charge in [-0.25, -0.2) is 0 Å². The van der Waals surface area contributed by atoms with Crippen molar-refractivity contribution in [1.29, 1.82) is 0 Å². The molecule has 0 fully saturated rings. The first-order valence-electron chi connectivity index (χ1n) is 7.04. The average Bonchev–Trinajstić information content (AvgIpc) is 2.90. The molecule has 2 N–H and O–H groups in total. The molecule has 1 heterocycles. The Morgan fingerprint density at radius 2 is 2.14 bits per heavy atom. The fourth-order valence-electron chi connectivity index (χ4n) is 1.86. The highest BCUT2D eigenvalue weighted by Crippen LogP contribution is 2.26. The van der Waals surface area contributed by atoms with Gasteiger partial charge in [0, 0.05) is 6.07 Å². The summed E-state index contributed by atoms with van der Waals surface area (Å²) in [4.78, 5) is 1.40. The van der Waals surface area contributed by atoms with Gasteiger partial charge >= 0.3 is 0 Å². The van der Waals surface area contributed by atoms with E-state index in [1.807, 2.05) is 18.2 Å². The van der Waals surface area contributed by atoms with Gasteiger partial charge in [0.25, 0.3) is 0 Å². The molecule has 0 aliphatic carbocycles. The van der Waals surface area contributed by atoms with Crippen molar-refractivity contribution in [2.24, 2.45) is 12.8 Å². The van der Waals surface area contributed by atoms with Crippen LogP contribution in [0, 0.1) is 0 Å². The molecule has 21 heavy (non-hydrogen) atoms. The summed E-state index contributed by atoms with van der Waals surface area (Å²) in [5.41, 5.74) is 6.68. The van der Waals surface area contributed by atoms with Gasteiger partial charge in [0.05, 0.1) is 13.7 Å². The van der Waals surface area contributed by atoms with Gasteiger partial charge in [-0.15, -0.1) is 10.2 Å². The molecule has 0 saturated heterocycles. The Balaban J connectivity index is 2.09. The van der Waals surface area contributed by atoms with Crippen molar-refractivity contribution < 1.29 is 9.47 Å². The Kier molecular flexibility index (Phi) is 5.51. The first kappa shape index (κ1) is 15.2. The van der Waals surface area contributed by atoms with Crippen LogP contribution in [0.4, 0.5) is 0 Å². The molecule has 0 unspecified atom stereocenters. The smallest absolute Gasteiger partial charge is 0.212 e. The van der Waals surface area contributed by atoms with Gasteiger partial charge in [-0.2, -0.15) is 4.80 Å². The number of hydrogen-bond acceptors (Lipinski definition) is 6. The maximum Gasteiger partial charge on any atom is 0.212 e. The first-order valence-corrected chi connectivity index (χ1v) is 7.04. The van der Waals surface area contributed by atoms with Gasteiger partial charge in [-0.1, -0.05) is 13.0 Å². The predicted octanol–water partition coefficient (Wildman–Crippen LogP) is 1.08. The standard InChI is InChI=1S/C14H21N5O2/c1-3-8-20-12-5-4-11(6-7-15)13(9-12)21-10-14-16-18-19(2)17-14/h4-5,9H,3,6-8,10,15H2,1-2H3. The van der Waals surface area contributed by atoms with E-state index in [0.717, 1.165) is 29.9 Å². The minimum absolute atomic E-state index is 0.267. The third-order valence-corrected chi connectivity index (χ3v) is 2.83. The van der Waals surface area contributed by atoms with Gasteiger partial charge < -0.3 is 15.2 Å². The highest BCUT2D eigenvalue weighted by molar-refractivity contribution is 5.41. The molecule has 0 spiro atoms. The van der Waals surface area contributed by atoms with E-state index in [4.69, 9.17) is 15.2 Å². The van der Waals surface area contributed by atoms with Crippen molar-refractivity contribution in [3.8, 4) is 11.5 Å². The SMILES string of the molecule is CCCOc1ccc(CCN)c(OCc2nnn(C)n2)c1. The number of nitrogens with two attached hydrogens (primary N) is 1. The molecule has 0 saturated carbocycles. The van der Waals surface area contributed by atoms with Crippen LogP contribution in [0.15, 0.2) is 18.2 Å². The highest BCUT2D eigenvalue weighted by Gasteiger charge is 2.08. The topological polar surface area (TPSA) is 88.1 Å². The summed E-state index contributed by atoms with van der Waals surface area (Å²) < 4.78 is 11.4. The summed E-state index contributed by atoms with van der Waals surface area (Å²) in [5, 5.41) is 11.8. The summed E-state index contributed by atoms with van der Waals surface area (Å²) in [6.07, 6.45) is 1.71. The first-order chi connectivity index (χ1) is 10.2. The third-order valence-electron chi connectivity index (χ3n) is 2.83. The summed E-state index contributed by atoms with van der Waals surface area (Å²) in [5.74, 6) is 2.08. The lowest BCUT2D eigenvalue weighted by atomic mass is 10.1. The summed E-state index contributed by atoms with van der Waals surface area (Å²) in [6.45, 7) is 3.58. The predicted molar refractivity (Wildman–Crippen MR) is 78.1 cm³/mol. The Morgan fingerprint density at radius 3 is 2.81 bits per heavy atom. The van der Waals surface area contributed by atoms with Gasteiger partial charge in [0.1, 0.15) is 11.5 Å². The van der Waals surface area contributed by atoms with Crippen molar-refractivity contribution in [2.75, 3.05) is 13.2 Å². The monoisotopic (exact) mass is 291 g/mol. The van der Waals surface area contributed by atoms with Crippen LogP contribution in [0.3, 0.4) is 0 Å². The average molecular weight is 291 g/mol. The molecule has 0 radical (unpaired) electrons. The Hall–Kier alpha value is -2.15. The van der Waals surface area contributed by atoms with E-state index >= 15 is 0 Å². The van der Waals surface area contributed by atoms with Gasteiger partial charge in [-0.3, -0.25) is 0 Å². The molecular formula is C14H21N5O2. The van der Waals surface area contributed by atoms with Crippen molar-refractivity contribution in [3.63, 3.8) is 0 Å². The van der Waals surface area contributed by atoms with Crippen molar-refractivity contribution >= 4 is 0 Å². The number of ether oxygens (including phenoxy) is 2. The Labute approximate surface area is 124 Å². The minimum atomic E-state index is 0.267. The molecule has 2 aromatic rings. The van der Waals surface area contributed by atoms with Gasteiger partial charge in [0.2, 0.25) is 5.82 Å². The van der Waals surface area contributed by atoms with E-state index in [1.54, 1.807) is 7.05 Å². The zero-order valence-electron chi connectivity index (χ0n) is 12.5. The number of aryl methyl sites for hydroxylation is 1. The second kappa shape index (κ2) is 7.58. The van der Waals surface area contributed by atoms with Crippen LogP contribution >= 0.6 is 0 Å². The van der Waals surface area contributed by atoms with Crippen LogP contribution in [0.25, 0.3) is 0 Å². The lowest BCUT2D eigenvalue weighted by Gasteiger charge is -2.12. The maximum absolute atomic E-state index is 5.80. The normalized spacial score (nSPS) is 10.6. The molecule has 1 aromatic heterocycles. The maximum atomic E-state index is 5.80. The van der Waals surface area contributed by atoms with Crippen LogP contribution in [-0.4, -0.2) is 33.4 Å². The van der Waals surface area contributed by atoms with Crippen molar-refractivity contribution in [2.45, 2.75) is 26.4 Å². The molecule has 7 heteroatoms. The zero-order valence-corrected chi connectivity index (χ0v) is 12.5. The molecule has 7 nitrogen and oxygen atoms in total. The third kappa shape index (κ3) is 4.42. The highest BCUT2D eigenvalue weighted by atomic mass is 16.5. The molecular weight excluding hydrogens is 270 g/mol. The molecule has 1 aromatic carbocycles. The van der Waals surface area contributed by atoms with Gasteiger partial charge in [0.15, 0.2) is 6.61 Å². The minimum Gasteiger partial charge on any atom is -0.493 e. The van der Waals surface area contributed by atoms with E-state index in [1.165, 1.54) is 4.80 Å². The van der Waals surface area contributed by atoms with E-state index in [-0.39, 0.29) is 6.61 Å². The number of tetrazole rings is 1. The molecule has 0 aliphatic heterocycles. The summed E-state index contributed by atoms with van der Waals surface area (Å²) >= 11 is 0. The van der Waals surface area contributed by atoms with Crippen molar-refractivity contribution in [1.82, 2.24) is 20.2 Å². The fraction of sp³-hybridized carbons (Fsp3) is 0.500. The largest absolute Gasteiger partial charge is 0.493 e. The number of hydrogen-bond donors (Lipinski definition) is 1. The van der Waals surface area contributed by atoms with Crippen molar-refractivity contribution in [3.05, 3.63) is 29.6 Å². The molecule has 0 bridgehead atoms. The van der Waals surface area contributed by atoms with Crippen LogP contribution in [0.5, 0.6) is 11.5 Å². The number of aromatic nitrogens is 4. The lowest BCUT2D eigenvalue weighted by Crippen LogP contribution is -2.07. The quantitative estimate of drug-likeness (QED) is 0.783. The molecule has 2 rings (SSSR count). The number of rotatable bonds is 8. The molecule has 0 aliphatic rings. The van der Waals surface area contributed by atoms with Gasteiger partial charge in [-0.05, 0) is 36.2 Å². The summed E-state index contributed by atoms with van der Waals surface area (Å²) in [7, 11) is 1.72. The van der Waals surface area contributed by atoms with E-state index in [2.05, 4.69) is 22.3 Å². The molecule has 0 amide bonds. The Bertz CT molecular complexity index is 570. The fourth-order valence-corrected chi connectivity index (χ4v) is 1.86. The number of benzene rings is 1. The lowest BCUT2D eigenvalue weighted by molar-refractivity contribution is 0.284. The van der Waals surface area contributed by atoms with E-state index in [9.17, 15) is 0 Å². The van der Waals surface area contributed by atoms with Crippen LogP contribution in [0.2, 0.25) is 0 Å². The second-order valence-corrected chi connectivity index (χ2v) is 4.64. The second-order valence-electron chi connectivity index (χ2n) is 4.64. The zero-order chi connectivity index (χ0) is 15.1. The van der Waals surface area contributed by atoms with Crippen LogP contribution in [-0.2, 0) is 20.1 Å². The Morgan fingerprint density at radius 1 is 1.29 bits per heavy atom. The number of nitrogens with zero attached hydrogens (tertiary/aromatic N) is 4. The van der Waals surface area contributed by atoms with Crippen LogP contribution in [0.1, 0.15) is 24.7 Å². The molecule has 0 atom stereocenters. The van der Waals surface area contributed by atoms with E-state index in [0.29, 0.717) is 19.0 Å². The van der Waals surface area contributed by atoms with Crippen LogP contribution < -0.4 is 15.2 Å². The molecule has 114 valence electrons. The summed E-state index contributed by atoms with van der Waals surface area (Å²) in [6, 6.07) is 5.81.